The van der Waals surface area contributed by atoms with Gasteiger partial charge in [0.1, 0.15) is 16.8 Å². The molecule has 1 aromatic carbocycles. The average molecular weight is 329 g/mol. The van der Waals surface area contributed by atoms with Crippen molar-refractivity contribution in [1.82, 2.24) is 0 Å². The second-order valence-corrected chi connectivity index (χ2v) is 5.05. The van der Waals surface area contributed by atoms with Crippen molar-refractivity contribution in [3.8, 4) is 11.5 Å². The molecule has 0 amide bonds. The van der Waals surface area contributed by atoms with Crippen LogP contribution >= 0.6 is 46.4 Å². The lowest BCUT2D eigenvalue weighted by Crippen LogP contribution is -1.98. The van der Waals surface area contributed by atoms with Gasteiger partial charge in [0.2, 0.25) is 0 Å². The highest BCUT2D eigenvalue weighted by atomic mass is 35.5. The van der Waals surface area contributed by atoms with Gasteiger partial charge in [0.05, 0.1) is 16.7 Å². The molecule has 6 heteroatoms. The third-order valence-corrected chi connectivity index (χ3v) is 2.72. The smallest absolute Gasteiger partial charge is 0.156 e. The zero-order valence-corrected chi connectivity index (χ0v) is 12.4. The molecule has 1 rings (SSSR count). The van der Waals surface area contributed by atoms with Crippen LogP contribution in [0.2, 0.25) is 10.0 Å². The van der Waals surface area contributed by atoms with Crippen LogP contribution in [0.15, 0.2) is 22.7 Å². The maximum atomic E-state index is 6.03. The molecule has 0 aliphatic carbocycles. The first kappa shape index (κ1) is 15.8. The van der Waals surface area contributed by atoms with Gasteiger partial charge in [-0.15, -0.1) is 0 Å². The molecule has 1 radical (unpaired) electrons. The Bertz CT molecular complexity index is 405. The van der Waals surface area contributed by atoms with Gasteiger partial charge in [0, 0.05) is 12.1 Å². The minimum absolute atomic E-state index is 0.141. The number of hydrogen-bond acceptors (Lipinski definition) is 2. The van der Waals surface area contributed by atoms with E-state index in [-0.39, 0.29) is 11.1 Å². The predicted molar refractivity (Wildman–Crippen MR) is 77.2 cm³/mol. The van der Waals surface area contributed by atoms with Gasteiger partial charge in [-0.3, -0.25) is 0 Å². The molecule has 1 aromatic rings. The van der Waals surface area contributed by atoms with Crippen molar-refractivity contribution in [2.24, 2.45) is 0 Å². The number of halogens is 4. The fraction of sp³-hybridized carbons (Fsp3) is 0.250. The molecule has 0 heterocycles. The Hall–Kier alpha value is -0.280. The summed E-state index contributed by atoms with van der Waals surface area (Å²) in [6.07, 6.45) is 2.14. The van der Waals surface area contributed by atoms with E-state index in [2.05, 4.69) is 6.92 Å². The average Bonchev–Trinajstić information content (AvgIpc) is 2.27. The van der Waals surface area contributed by atoms with Crippen molar-refractivity contribution >= 4 is 46.4 Å². The van der Waals surface area contributed by atoms with E-state index in [1.807, 2.05) is 0 Å². The fourth-order valence-electron chi connectivity index (χ4n) is 1.13. The van der Waals surface area contributed by atoms with E-state index in [4.69, 9.17) is 55.9 Å². The molecule has 0 spiro atoms. The highest BCUT2D eigenvalue weighted by Gasteiger charge is 2.10. The van der Waals surface area contributed by atoms with Crippen LogP contribution in [0.25, 0.3) is 0 Å². The quantitative estimate of drug-likeness (QED) is 0.706. The van der Waals surface area contributed by atoms with Crippen molar-refractivity contribution in [1.29, 1.82) is 0 Å². The van der Waals surface area contributed by atoms with Crippen LogP contribution in [0.4, 0.5) is 0 Å². The Balaban J connectivity index is 2.76. The predicted octanol–water partition coefficient (Wildman–Crippen LogP) is 5.29. The maximum absolute atomic E-state index is 6.03. The molecule has 0 fully saturated rings. The van der Waals surface area contributed by atoms with Gasteiger partial charge in [-0.25, -0.2) is 0 Å². The van der Waals surface area contributed by atoms with Gasteiger partial charge in [0.15, 0.2) is 5.75 Å². The minimum atomic E-state index is 0.141. The summed E-state index contributed by atoms with van der Waals surface area (Å²) in [5.41, 5.74) is 0. The highest BCUT2D eigenvalue weighted by Crippen LogP contribution is 2.37. The van der Waals surface area contributed by atoms with Crippen LogP contribution in [-0.2, 0) is 0 Å². The Morgan fingerprint density at radius 3 is 2.28 bits per heavy atom. The van der Waals surface area contributed by atoms with E-state index in [1.54, 1.807) is 12.1 Å². The second kappa shape index (κ2) is 8.00. The lowest BCUT2D eigenvalue weighted by Gasteiger charge is -2.11. The van der Waals surface area contributed by atoms with E-state index in [0.717, 1.165) is 0 Å². The summed E-state index contributed by atoms with van der Waals surface area (Å²) < 4.78 is 10.9. The number of ether oxygens (including phenoxy) is 2. The molecule has 0 N–H and O–H groups in total. The van der Waals surface area contributed by atoms with Crippen LogP contribution in [0.5, 0.6) is 11.5 Å². The number of hydrogen-bond donors (Lipinski definition) is 0. The first-order valence-electron chi connectivity index (χ1n) is 5.09. The van der Waals surface area contributed by atoms with E-state index in [1.165, 1.54) is 6.08 Å². The Labute approximate surface area is 126 Å². The van der Waals surface area contributed by atoms with E-state index >= 15 is 0 Å². The summed E-state index contributed by atoms with van der Waals surface area (Å²) >= 11 is 23.0. The van der Waals surface area contributed by atoms with Crippen molar-refractivity contribution in [3.63, 3.8) is 0 Å². The van der Waals surface area contributed by atoms with Crippen LogP contribution in [-0.4, -0.2) is 13.2 Å². The normalized spacial score (nSPS) is 10.1. The molecular weight excluding hydrogens is 318 g/mol. The van der Waals surface area contributed by atoms with Gasteiger partial charge in [0.25, 0.3) is 0 Å². The Kier molecular flexibility index (Phi) is 7.02. The van der Waals surface area contributed by atoms with Gasteiger partial charge in [-0.05, 0) is 19.4 Å². The van der Waals surface area contributed by atoms with Gasteiger partial charge >= 0.3 is 0 Å². The number of rotatable bonds is 6. The summed E-state index contributed by atoms with van der Waals surface area (Å²) in [5, 5.41) is 0.763. The largest absolute Gasteiger partial charge is 0.490 e. The van der Waals surface area contributed by atoms with Gasteiger partial charge < -0.3 is 9.47 Å². The first-order valence-corrected chi connectivity index (χ1v) is 6.61. The molecule has 0 saturated carbocycles. The Morgan fingerprint density at radius 1 is 1.17 bits per heavy atom. The van der Waals surface area contributed by atoms with Crippen molar-refractivity contribution in [3.05, 3.63) is 39.7 Å². The topological polar surface area (TPSA) is 18.5 Å². The SMILES string of the molecule is [CH2]CCOc1c(Cl)cc(OCC=C(Cl)Cl)cc1Cl. The molecule has 0 aliphatic heterocycles. The van der Waals surface area contributed by atoms with Crippen molar-refractivity contribution in [2.75, 3.05) is 13.2 Å². The number of benzene rings is 1. The summed E-state index contributed by atoms with van der Waals surface area (Å²) in [6, 6.07) is 3.23. The summed E-state index contributed by atoms with van der Waals surface area (Å²) in [6.45, 7) is 4.35. The molecule has 2 nitrogen and oxygen atoms in total. The van der Waals surface area contributed by atoms with Crippen LogP contribution in [0, 0.1) is 6.92 Å². The van der Waals surface area contributed by atoms with Gasteiger partial charge in [-0.1, -0.05) is 46.4 Å². The third kappa shape index (κ3) is 5.15. The molecule has 0 bridgehead atoms. The molecule has 18 heavy (non-hydrogen) atoms. The van der Waals surface area contributed by atoms with E-state index in [0.29, 0.717) is 34.6 Å². The maximum Gasteiger partial charge on any atom is 0.156 e. The first-order chi connectivity index (χ1) is 8.54. The summed E-state index contributed by atoms with van der Waals surface area (Å²) in [7, 11) is 0. The van der Waals surface area contributed by atoms with E-state index < -0.39 is 0 Å². The molecule has 99 valence electrons. The van der Waals surface area contributed by atoms with Crippen LogP contribution in [0.1, 0.15) is 6.42 Å². The third-order valence-electron chi connectivity index (χ3n) is 1.85. The molecule has 0 saturated heterocycles. The van der Waals surface area contributed by atoms with Crippen LogP contribution < -0.4 is 9.47 Å². The van der Waals surface area contributed by atoms with Crippen LogP contribution in [0.3, 0.4) is 0 Å². The van der Waals surface area contributed by atoms with Crippen molar-refractivity contribution in [2.45, 2.75) is 6.42 Å². The molecular formula is C12H11Cl4O2. The monoisotopic (exact) mass is 327 g/mol. The molecule has 0 atom stereocenters. The van der Waals surface area contributed by atoms with Crippen molar-refractivity contribution < 1.29 is 9.47 Å². The second-order valence-electron chi connectivity index (χ2n) is 3.22. The zero-order chi connectivity index (χ0) is 13.5. The molecule has 0 unspecified atom stereocenters. The lowest BCUT2D eigenvalue weighted by molar-refractivity contribution is 0.322. The highest BCUT2D eigenvalue weighted by molar-refractivity contribution is 6.55. The van der Waals surface area contributed by atoms with E-state index in [9.17, 15) is 0 Å². The summed E-state index contributed by atoms with van der Waals surface area (Å²) in [5.74, 6) is 0.943. The summed E-state index contributed by atoms with van der Waals surface area (Å²) in [4.78, 5) is 0. The zero-order valence-electron chi connectivity index (χ0n) is 9.39. The molecule has 0 aromatic heterocycles. The molecule has 0 aliphatic rings. The Morgan fingerprint density at radius 2 is 1.78 bits per heavy atom. The minimum Gasteiger partial charge on any atom is -0.490 e. The fourth-order valence-corrected chi connectivity index (χ4v) is 1.84. The lowest BCUT2D eigenvalue weighted by atomic mass is 10.3. The van der Waals surface area contributed by atoms with Gasteiger partial charge in [-0.2, -0.15) is 0 Å². The standard InChI is InChI=1S/C12H11Cl4O2/c1-2-4-18-12-9(13)6-8(7-10(12)14)17-5-3-11(15)16/h3,6-7H,1-2,4-5H2.